The van der Waals surface area contributed by atoms with E-state index in [-0.39, 0.29) is 10.9 Å². The Bertz CT molecular complexity index is 592. The number of hydrogen-bond donors (Lipinski definition) is 1. The Kier molecular flexibility index (Phi) is 2.56. The molecular formula is C10H13N5OS. The second kappa shape index (κ2) is 4.08. The van der Waals surface area contributed by atoms with Gasteiger partial charge in [-0.15, -0.1) is 5.10 Å². The van der Waals surface area contributed by atoms with E-state index in [2.05, 4.69) is 15.0 Å². The maximum Gasteiger partial charge on any atom is 0.346 e. The second-order valence-electron chi connectivity index (χ2n) is 4.24. The summed E-state index contributed by atoms with van der Waals surface area (Å²) < 4.78 is 1.57. The molecular weight excluding hydrogens is 238 g/mol. The van der Waals surface area contributed by atoms with Gasteiger partial charge < -0.3 is 10.6 Å². The van der Waals surface area contributed by atoms with Crippen molar-refractivity contribution in [1.82, 2.24) is 14.0 Å². The maximum absolute atomic E-state index is 11.1. The number of nitrogens with zero attached hydrogens (tertiary/aromatic N) is 4. The van der Waals surface area contributed by atoms with Crippen molar-refractivity contribution < 1.29 is 0 Å². The first-order valence-corrected chi connectivity index (χ1v) is 6.38. The lowest BCUT2D eigenvalue weighted by molar-refractivity contribution is 0.502. The lowest BCUT2D eigenvalue weighted by atomic mass is 10.1. The van der Waals surface area contributed by atoms with Crippen LogP contribution in [0.3, 0.4) is 0 Å². The van der Waals surface area contributed by atoms with Crippen molar-refractivity contribution in [3.05, 3.63) is 21.8 Å². The first kappa shape index (κ1) is 10.7. The van der Waals surface area contributed by atoms with E-state index in [0.717, 1.165) is 43.3 Å². The van der Waals surface area contributed by atoms with Crippen molar-refractivity contribution in [3.8, 4) is 0 Å². The Labute approximate surface area is 102 Å². The molecule has 3 rings (SSSR count). The minimum absolute atomic E-state index is 0.211. The monoisotopic (exact) mass is 251 g/mol. The average molecular weight is 251 g/mol. The van der Waals surface area contributed by atoms with E-state index in [1.807, 2.05) is 12.1 Å². The summed E-state index contributed by atoms with van der Waals surface area (Å²) in [6.07, 6.45) is 2.15. The van der Waals surface area contributed by atoms with Crippen LogP contribution in [0.2, 0.25) is 0 Å². The summed E-state index contributed by atoms with van der Waals surface area (Å²) in [4.78, 5) is 16.9. The van der Waals surface area contributed by atoms with Crippen LogP contribution >= 0.6 is 11.5 Å². The van der Waals surface area contributed by atoms with Gasteiger partial charge in [0, 0.05) is 30.7 Å². The third kappa shape index (κ3) is 2.03. The lowest BCUT2D eigenvalue weighted by Gasteiger charge is -2.31. The Balaban J connectivity index is 1.96. The quantitative estimate of drug-likeness (QED) is 0.776. The van der Waals surface area contributed by atoms with Crippen molar-refractivity contribution >= 4 is 23.0 Å². The minimum atomic E-state index is -0.218. The summed E-state index contributed by atoms with van der Waals surface area (Å²) in [5, 5.41) is 4.40. The molecule has 6 nitrogen and oxygen atoms in total. The van der Waals surface area contributed by atoms with Gasteiger partial charge >= 0.3 is 4.87 Å². The van der Waals surface area contributed by atoms with Crippen LogP contribution in [0, 0.1) is 0 Å². The zero-order valence-electron chi connectivity index (χ0n) is 9.24. The van der Waals surface area contributed by atoms with Crippen LogP contribution in [-0.4, -0.2) is 33.1 Å². The molecule has 1 unspecified atom stereocenters. The number of aromatic nitrogens is 3. The van der Waals surface area contributed by atoms with Crippen LogP contribution < -0.4 is 15.5 Å². The van der Waals surface area contributed by atoms with E-state index in [1.54, 1.807) is 3.90 Å². The highest BCUT2D eigenvalue weighted by atomic mass is 32.1. The number of anilines is 1. The minimum Gasteiger partial charge on any atom is -0.354 e. The Morgan fingerprint density at radius 3 is 3.18 bits per heavy atom. The number of nitrogens with two attached hydrogens (primary N) is 1. The molecule has 1 atom stereocenters. The highest BCUT2D eigenvalue weighted by molar-refractivity contribution is 7.03. The van der Waals surface area contributed by atoms with E-state index < -0.39 is 0 Å². The van der Waals surface area contributed by atoms with Gasteiger partial charge in [-0.05, 0) is 25.0 Å². The topological polar surface area (TPSA) is 76.5 Å². The van der Waals surface area contributed by atoms with Crippen LogP contribution in [0.4, 0.5) is 5.82 Å². The van der Waals surface area contributed by atoms with Crippen LogP contribution in [0.25, 0.3) is 5.65 Å². The summed E-state index contributed by atoms with van der Waals surface area (Å²) in [6.45, 7) is 1.79. The van der Waals surface area contributed by atoms with Gasteiger partial charge in [-0.2, -0.15) is 8.89 Å². The fraction of sp³-hybridized carbons (Fsp3) is 0.500. The Morgan fingerprint density at radius 1 is 1.47 bits per heavy atom. The molecule has 1 fully saturated rings. The summed E-state index contributed by atoms with van der Waals surface area (Å²) in [5.74, 6) is 0.862. The third-order valence-electron chi connectivity index (χ3n) is 2.92. The van der Waals surface area contributed by atoms with Gasteiger partial charge in [0.1, 0.15) is 0 Å². The molecule has 2 N–H and O–H groups in total. The molecule has 1 aliphatic rings. The number of piperidine rings is 1. The maximum atomic E-state index is 11.1. The van der Waals surface area contributed by atoms with Gasteiger partial charge in [0.05, 0.1) is 0 Å². The Morgan fingerprint density at radius 2 is 2.35 bits per heavy atom. The van der Waals surface area contributed by atoms with Crippen molar-refractivity contribution in [2.75, 3.05) is 18.0 Å². The standard InChI is InChI=1S/C10H13N5OS/c11-7-2-1-5-14(6-7)9-4-3-8-12-10(16)17-15(8)13-9/h3-4,7H,1-2,5-6,11H2. The predicted octanol–water partition coefficient (Wildman–Crippen LogP) is 0.0785. The highest BCUT2D eigenvalue weighted by Crippen LogP contribution is 2.17. The summed E-state index contributed by atoms with van der Waals surface area (Å²) >= 11 is 1.01. The lowest BCUT2D eigenvalue weighted by Crippen LogP contribution is -2.43. The third-order valence-corrected chi connectivity index (χ3v) is 3.61. The molecule has 2 aromatic rings. The molecule has 17 heavy (non-hydrogen) atoms. The predicted molar refractivity (Wildman–Crippen MR) is 66.6 cm³/mol. The molecule has 3 heterocycles. The zero-order chi connectivity index (χ0) is 11.8. The van der Waals surface area contributed by atoms with Crippen LogP contribution in [0.5, 0.6) is 0 Å². The normalized spacial score (nSPS) is 21.0. The molecule has 0 amide bonds. The highest BCUT2D eigenvalue weighted by Gasteiger charge is 2.18. The van der Waals surface area contributed by atoms with Gasteiger partial charge in [0.2, 0.25) is 0 Å². The molecule has 0 aromatic carbocycles. The van der Waals surface area contributed by atoms with Crippen molar-refractivity contribution in [3.63, 3.8) is 0 Å². The molecule has 0 spiro atoms. The van der Waals surface area contributed by atoms with E-state index in [0.29, 0.717) is 5.65 Å². The molecule has 2 aromatic heterocycles. The number of fused-ring (bicyclic) bond motifs is 1. The zero-order valence-corrected chi connectivity index (χ0v) is 10.1. The number of hydrogen-bond acceptors (Lipinski definition) is 6. The van der Waals surface area contributed by atoms with Gasteiger partial charge in [0.15, 0.2) is 11.5 Å². The number of rotatable bonds is 1. The van der Waals surface area contributed by atoms with Gasteiger partial charge in [-0.1, -0.05) is 0 Å². The largest absolute Gasteiger partial charge is 0.354 e. The van der Waals surface area contributed by atoms with Crippen molar-refractivity contribution in [2.45, 2.75) is 18.9 Å². The average Bonchev–Trinajstić information content (AvgIpc) is 2.68. The molecule has 1 saturated heterocycles. The van der Waals surface area contributed by atoms with E-state index in [4.69, 9.17) is 5.73 Å². The molecule has 7 heteroatoms. The van der Waals surface area contributed by atoms with Crippen LogP contribution in [0.15, 0.2) is 16.9 Å². The summed E-state index contributed by atoms with van der Waals surface area (Å²) in [5.41, 5.74) is 6.55. The SMILES string of the molecule is NC1CCCN(c2ccc3nc(=O)sn3n2)C1. The molecule has 0 saturated carbocycles. The van der Waals surface area contributed by atoms with E-state index >= 15 is 0 Å². The second-order valence-corrected chi connectivity index (χ2v) is 5.12. The van der Waals surface area contributed by atoms with Crippen LogP contribution in [-0.2, 0) is 0 Å². The van der Waals surface area contributed by atoms with E-state index in [9.17, 15) is 4.79 Å². The molecule has 0 radical (unpaired) electrons. The molecule has 90 valence electrons. The fourth-order valence-electron chi connectivity index (χ4n) is 2.11. The first-order valence-electron chi connectivity index (χ1n) is 5.60. The fourth-order valence-corrected chi connectivity index (χ4v) is 2.71. The van der Waals surface area contributed by atoms with Gasteiger partial charge in [-0.25, -0.2) is 0 Å². The Hall–Kier alpha value is -1.47. The molecule has 0 bridgehead atoms. The molecule has 0 aliphatic carbocycles. The summed E-state index contributed by atoms with van der Waals surface area (Å²) in [6, 6.07) is 3.93. The van der Waals surface area contributed by atoms with Gasteiger partial charge in [-0.3, -0.25) is 4.79 Å². The van der Waals surface area contributed by atoms with Gasteiger partial charge in [0.25, 0.3) is 0 Å². The van der Waals surface area contributed by atoms with E-state index in [1.165, 1.54) is 0 Å². The van der Waals surface area contributed by atoms with Crippen molar-refractivity contribution in [1.29, 1.82) is 0 Å². The van der Waals surface area contributed by atoms with Crippen LogP contribution in [0.1, 0.15) is 12.8 Å². The van der Waals surface area contributed by atoms with Crippen molar-refractivity contribution in [2.24, 2.45) is 5.73 Å². The summed E-state index contributed by atoms with van der Waals surface area (Å²) in [7, 11) is 0. The molecule has 1 aliphatic heterocycles. The first-order chi connectivity index (χ1) is 8.22. The smallest absolute Gasteiger partial charge is 0.346 e.